The van der Waals surface area contributed by atoms with Crippen molar-refractivity contribution in [3.63, 3.8) is 0 Å². The standard InChI is InChI=1S/C11H14O2.CHNO/c1-2-6-11(12)13-9-10-7-4-3-5-8-10;2-1-3/h3-5,7-8H,2,6,9H2,1H3;2H. The Labute approximate surface area is 94.7 Å². The van der Waals surface area contributed by atoms with Crippen molar-refractivity contribution in [2.45, 2.75) is 26.4 Å². The number of rotatable bonds is 4. The Bertz CT molecular complexity index is 329. The van der Waals surface area contributed by atoms with Crippen LogP contribution in [-0.2, 0) is 20.9 Å². The maximum Gasteiger partial charge on any atom is 0.306 e. The van der Waals surface area contributed by atoms with Gasteiger partial charge < -0.3 is 4.74 Å². The zero-order valence-electron chi connectivity index (χ0n) is 9.23. The second-order valence-corrected chi connectivity index (χ2v) is 3.00. The van der Waals surface area contributed by atoms with Crippen molar-refractivity contribution < 1.29 is 14.3 Å². The Morgan fingerprint density at radius 2 is 1.94 bits per heavy atom. The number of benzene rings is 1. The first-order chi connectivity index (χ1) is 7.74. The molecule has 1 N–H and O–H groups in total. The smallest absolute Gasteiger partial charge is 0.306 e. The topological polar surface area (TPSA) is 67.2 Å². The molecule has 0 aromatic heterocycles. The number of carbonyl (C=O) groups excluding carboxylic acids is 2. The predicted molar refractivity (Wildman–Crippen MR) is 59.6 cm³/mol. The lowest BCUT2D eigenvalue weighted by Crippen LogP contribution is -2.03. The molecule has 16 heavy (non-hydrogen) atoms. The van der Waals surface area contributed by atoms with Gasteiger partial charge in [0, 0.05) is 6.42 Å². The van der Waals surface area contributed by atoms with Gasteiger partial charge in [-0.1, -0.05) is 37.3 Å². The summed E-state index contributed by atoms with van der Waals surface area (Å²) >= 11 is 0. The summed E-state index contributed by atoms with van der Waals surface area (Å²) in [7, 11) is 0. The molecule has 0 bridgehead atoms. The number of esters is 1. The first-order valence-electron chi connectivity index (χ1n) is 4.98. The lowest BCUT2D eigenvalue weighted by Gasteiger charge is -2.02. The van der Waals surface area contributed by atoms with Crippen molar-refractivity contribution in [1.82, 2.24) is 0 Å². The van der Waals surface area contributed by atoms with Gasteiger partial charge in [0.05, 0.1) is 0 Å². The molecule has 1 aromatic rings. The lowest BCUT2D eigenvalue weighted by molar-refractivity contribution is -0.144. The van der Waals surface area contributed by atoms with Crippen LogP contribution in [-0.4, -0.2) is 12.0 Å². The highest BCUT2D eigenvalue weighted by molar-refractivity contribution is 5.69. The molecule has 0 saturated carbocycles. The number of isocyanates is 1. The van der Waals surface area contributed by atoms with E-state index in [1.807, 2.05) is 37.3 Å². The summed E-state index contributed by atoms with van der Waals surface area (Å²) in [5.74, 6) is -0.119. The van der Waals surface area contributed by atoms with Crippen molar-refractivity contribution in [3.8, 4) is 0 Å². The second kappa shape index (κ2) is 9.62. The van der Waals surface area contributed by atoms with E-state index in [0.29, 0.717) is 13.0 Å². The van der Waals surface area contributed by atoms with Gasteiger partial charge in [-0.25, -0.2) is 10.2 Å². The molecular formula is C12H15NO3. The quantitative estimate of drug-likeness (QED) is 0.482. The number of hydrogen-bond donors (Lipinski definition) is 1. The lowest BCUT2D eigenvalue weighted by atomic mass is 10.2. The Kier molecular flexibility index (Phi) is 8.46. The van der Waals surface area contributed by atoms with Gasteiger partial charge in [0.25, 0.3) is 0 Å². The summed E-state index contributed by atoms with van der Waals surface area (Å²) in [4.78, 5) is 19.3. The van der Waals surface area contributed by atoms with E-state index >= 15 is 0 Å². The molecule has 0 fully saturated rings. The van der Waals surface area contributed by atoms with Gasteiger partial charge in [-0.2, -0.15) is 0 Å². The molecule has 0 aliphatic heterocycles. The summed E-state index contributed by atoms with van der Waals surface area (Å²) in [6.45, 7) is 2.35. The fourth-order valence-corrected chi connectivity index (χ4v) is 1.01. The number of nitrogens with one attached hydrogen (secondary N) is 1. The molecule has 0 atom stereocenters. The highest BCUT2D eigenvalue weighted by Crippen LogP contribution is 2.02. The van der Waals surface area contributed by atoms with Crippen molar-refractivity contribution in [1.29, 1.82) is 5.41 Å². The molecule has 0 aliphatic rings. The van der Waals surface area contributed by atoms with E-state index in [1.165, 1.54) is 0 Å². The van der Waals surface area contributed by atoms with Crippen LogP contribution in [0.2, 0.25) is 0 Å². The van der Waals surface area contributed by atoms with Crippen LogP contribution >= 0.6 is 0 Å². The van der Waals surface area contributed by atoms with E-state index in [2.05, 4.69) is 0 Å². The van der Waals surface area contributed by atoms with Crippen molar-refractivity contribution in [3.05, 3.63) is 35.9 Å². The van der Waals surface area contributed by atoms with Crippen LogP contribution < -0.4 is 0 Å². The molecule has 0 saturated heterocycles. The molecule has 0 spiro atoms. The third-order valence-corrected chi connectivity index (χ3v) is 1.70. The summed E-state index contributed by atoms with van der Waals surface area (Å²) in [6.07, 6.45) is 2.10. The van der Waals surface area contributed by atoms with Crippen LogP contribution in [0.15, 0.2) is 30.3 Å². The van der Waals surface area contributed by atoms with E-state index in [4.69, 9.17) is 14.9 Å². The molecule has 0 unspecified atom stereocenters. The first-order valence-corrected chi connectivity index (χ1v) is 4.98. The van der Waals surface area contributed by atoms with Crippen molar-refractivity contribution in [2.75, 3.05) is 0 Å². The van der Waals surface area contributed by atoms with Crippen LogP contribution in [0.4, 0.5) is 0 Å². The minimum absolute atomic E-state index is 0.119. The van der Waals surface area contributed by atoms with Gasteiger partial charge in [-0.05, 0) is 12.0 Å². The fraction of sp³-hybridized carbons (Fsp3) is 0.333. The molecule has 4 heteroatoms. The van der Waals surface area contributed by atoms with E-state index in [9.17, 15) is 4.79 Å². The van der Waals surface area contributed by atoms with Gasteiger partial charge in [-0.3, -0.25) is 4.79 Å². The SMILES string of the molecule is CCCC(=O)OCc1ccccc1.N=C=O. The molecule has 4 nitrogen and oxygen atoms in total. The fourth-order valence-electron chi connectivity index (χ4n) is 1.01. The molecule has 0 aliphatic carbocycles. The summed E-state index contributed by atoms with van der Waals surface area (Å²) in [5, 5.41) is 5.40. The molecule has 86 valence electrons. The number of hydrogen-bond acceptors (Lipinski definition) is 4. The van der Waals surface area contributed by atoms with Crippen molar-refractivity contribution in [2.24, 2.45) is 0 Å². The minimum atomic E-state index is -0.119. The molecule has 1 aromatic carbocycles. The summed E-state index contributed by atoms with van der Waals surface area (Å²) in [5.41, 5.74) is 1.03. The van der Waals surface area contributed by atoms with Crippen LogP contribution in [0.5, 0.6) is 0 Å². The number of carbonyl (C=O) groups is 1. The van der Waals surface area contributed by atoms with Crippen LogP contribution in [0, 0.1) is 5.41 Å². The Hall–Kier alpha value is -1.93. The molecule has 0 radical (unpaired) electrons. The van der Waals surface area contributed by atoms with Crippen LogP contribution in [0.3, 0.4) is 0 Å². The first kappa shape index (κ1) is 14.1. The van der Waals surface area contributed by atoms with E-state index < -0.39 is 0 Å². The Morgan fingerprint density at radius 1 is 1.38 bits per heavy atom. The third kappa shape index (κ3) is 7.47. The van der Waals surface area contributed by atoms with Gasteiger partial charge in [0.1, 0.15) is 6.61 Å². The summed E-state index contributed by atoms with van der Waals surface area (Å²) in [6, 6.07) is 9.70. The average Bonchev–Trinajstić information content (AvgIpc) is 2.29. The van der Waals surface area contributed by atoms with Gasteiger partial charge in [0.2, 0.25) is 6.08 Å². The van der Waals surface area contributed by atoms with Crippen LogP contribution in [0.25, 0.3) is 0 Å². The second-order valence-electron chi connectivity index (χ2n) is 3.00. The predicted octanol–water partition coefficient (Wildman–Crippen LogP) is 2.43. The maximum absolute atomic E-state index is 11.0. The third-order valence-electron chi connectivity index (χ3n) is 1.70. The Morgan fingerprint density at radius 3 is 2.44 bits per heavy atom. The van der Waals surface area contributed by atoms with Crippen LogP contribution in [0.1, 0.15) is 25.3 Å². The van der Waals surface area contributed by atoms with Crippen molar-refractivity contribution >= 4 is 12.0 Å². The van der Waals surface area contributed by atoms with E-state index in [1.54, 1.807) is 0 Å². The highest BCUT2D eigenvalue weighted by Gasteiger charge is 2.00. The van der Waals surface area contributed by atoms with Gasteiger partial charge >= 0.3 is 5.97 Å². The monoisotopic (exact) mass is 221 g/mol. The number of ether oxygens (including phenoxy) is 1. The molecule has 1 rings (SSSR count). The zero-order chi connectivity index (χ0) is 12.2. The Balaban J connectivity index is 0.000000673. The molecule has 0 heterocycles. The highest BCUT2D eigenvalue weighted by atomic mass is 16.5. The average molecular weight is 221 g/mol. The minimum Gasteiger partial charge on any atom is -0.461 e. The van der Waals surface area contributed by atoms with E-state index in [-0.39, 0.29) is 5.97 Å². The molecular weight excluding hydrogens is 206 g/mol. The molecule has 0 amide bonds. The van der Waals surface area contributed by atoms with Gasteiger partial charge in [-0.15, -0.1) is 0 Å². The zero-order valence-corrected chi connectivity index (χ0v) is 9.23. The normalized spacial score (nSPS) is 8.31. The largest absolute Gasteiger partial charge is 0.461 e. The maximum atomic E-state index is 11.0. The van der Waals surface area contributed by atoms with E-state index in [0.717, 1.165) is 18.1 Å². The summed E-state index contributed by atoms with van der Waals surface area (Å²) < 4.78 is 5.03. The van der Waals surface area contributed by atoms with Gasteiger partial charge in [0.15, 0.2) is 0 Å².